The molecule has 0 radical (unpaired) electrons. The Hall–Kier alpha value is -1.36. The van der Waals surface area contributed by atoms with Crippen LogP contribution in [-0.2, 0) is 0 Å². The molecule has 0 unspecified atom stereocenters. The fourth-order valence-electron chi connectivity index (χ4n) is 1.28. The molecule has 2 aromatic rings. The number of halogens is 1. The third-order valence-electron chi connectivity index (χ3n) is 1.91. The molecule has 72 valence electrons. The topological polar surface area (TPSA) is 43.6 Å². The summed E-state index contributed by atoms with van der Waals surface area (Å²) in [6, 6.07) is 1.80. The Morgan fingerprint density at radius 1 is 1.64 bits per heavy atom. The minimum Gasteiger partial charge on any atom is -0.493 e. The molecule has 4 nitrogen and oxygen atoms in total. The van der Waals surface area contributed by atoms with Gasteiger partial charge in [-0.05, 0) is 22.0 Å². The summed E-state index contributed by atoms with van der Waals surface area (Å²) in [6.45, 7) is 0. The van der Waals surface area contributed by atoms with Crippen molar-refractivity contribution in [3.63, 3.8) is 0 Å². The van der Waals surface area contributed by atoms with Crippen molar-refractivity contribution in [1.82, 2.24) is 9.38 Å². The molecule has 0 fully saturated rings. The highest BCUT2D eigenvalue weighted by atomic mass is 79.9. The van der Waals surface area contributed by atoms with E-state index in [9.17, 15) is 4.79 Å². The molecule has 2 heterocycles. The number of aldehydes is 1. The van der Waals surface area contributed by atoms with Crippen molar-refractivity contribution < 1.29 is 9.53 Å². The number of ether oxygens (including phenoxy) is 1. The van der Waals surface area contributed by atoms with Gasteiger partial charge in [0, 0.05) is 10.7 Å². The Morgan fingerprint density at radius 3 is 3.07 bits per heavy atom. The van der Waals surface area contributed by atoms with E-state index in [1.54, 1.807) is 23.8 Å². The first-order valence-electron chi connectivity index (χ1n) is 3.92. The lowest BCUT2D eigenvalue weighted by atomic mass is 10.4. The minimum absolute atomic E-state index is 0.500. The van der Waals surface area contributed by atoms with E-state index in [0.29, 0.717) is 17.1 Å². The fraction of sp³-hybridized carbons (Fsp3) is 0.111. The van der Waals surface area contributed by atoms with E-state index in [-0.39, 0.29) is 0 Å². The maximum atomic E-state index is 10.7. The molecule has 0 bridgehead atoms. The Balaban J connectivity index is 2.83. The summed E-state index contributed by atoms with van der Waals surface area (Å²) in [5, 5.41) is 0. The van der Waals surface area contributed by atoms with Gasteiger partial charge in [0.15, 0.2) is 17.7 Å². The van der Waals surface area contributed by atoms with Crippen molar-refractivity contribution in [2.45, 2.75) is 0 Å². The number of carbonyl (C=O) groups excluding carboxylic acids is 1. The number of fused-ring (bicyclic) bond motifs is 1. The highest BCUT2D eigenvalue weighted by Crippen LogP contribution is 2.24. The zero-order valence-corrected chi connectivity index (χ0v) is 8.98. The lowest BCUT2D eigenvalue weighted by Crippen LogP contribution is -1.94. The molecule has 2 aromatic heterocycles. The van der Waals surface area contributed by atoms with Gasteiger partial charge in [0.2, 0.25) is 0 Å². The zero-order valence-electron chi connectivity index (χ0n) is 7.40. The van der Waals surface area contributed by atoms with Gasteiger partial charge in [-0.2, -0.15) is 0 Å². The van der Waals surface area contributed by atoms with E-state index in [1.165, 1.54) is 6.20 Å². The fourth-order valence-corrected chi connectivity index (χ4v) is 1.69. The van der Waals surface area contributed by atoms with E-state index in [4.69, 9.17) is 4.74 Å². The van der Waals surface area contributed by atoms with Crippen LogP contribution in [0.3, 0.4) is 0 Å². The highest BCUT2D eigenvalue weighted by Gasteiger charge is 2.08. The van der Waals surface area contributed by atoms with Crippen molar-refractivity contribution >= 4 is 27.9 Å². The molecule has 0 spiro atoms. The molecule has 5 heteroatoms. The molecule has 0 aliphatic carbocycles. The average molecular weight is 255 g/mol. The van der Waals surface area contributed by atoms with Gasteiger partial charge in [0.25, 0.3) is 0 Å². The van der Waals surface area contributed by atoms with Crippen LogP contribution in [0.2, 0.25) is 0 Å². The number of hydrogen-bond donors (Lipinski definition) is 0. The Kier molecular flexibility index (Phi) is 2.25. The first-order chi connectivity index (χ1) is 6.76. The molecule has 0 atom stereocenters. The highest BCUT2D eigenvalue weighted by molar-refractivity contribution is 9.10. The third kappa shape index (κ3) is 1.29. The van der Waals surface area contributed by atoms with Crippen molar-refractivity contribution in [3.05, 3.63) is 28.6 Å². The van der Waals surface area contributed by atoms with E-state index < -0.39 is 0 Å². The molecule has 14 heavy (non-hydrogen) atoms. The van der Waals surface area contributed by atoms with Crippen LogP contribution in [0.15, 0.2) is 22.9 Å². The Labute approximate surface area is 88.6 Å². The molecule has 0 aliphatic rings. The predicted molar refractivity (Wildman–Crippen MR) is 54.8 cm³/mol. The number of nitrogens with zero attached hydrogens (tertiary/aromatic N) is 2. The van der Waals surface area contributed by atoms with Crippen LogP contribution < -0.4 is 4.74 Å². The van der Waals surface area contributed by atoms with Crippen molar-refractivity contribution in [3.8, 4) is 5.75 Å². The minimum atomic E-state index is 0.500. The maximum absolute atomic E-state index is 10.7. The Bertz CT molecular complexity index is 493. The second-order valence-corrected chi connectivity index (χ2v) is 3.64. The van der Waals surface area contributed by atoms with Gasteiger partial charge in [-0.15, -0.1) is 0 Å². The van der Waals surface area contributed by atoms with Crippen LogP contribution in [-0.4, -0.2) is 22.8 Å². The van der Waals surface area contributed by atoms with Gasteiger partial charge in [0.1, 0.15) is 5.69 Å². The first-order valence-corrected chi connectivity index (χ1v) is 4.71. The van der Waals surface area contributed by atoms with Gasteiger partial charge in [-0.3, -0.25) is 9.20 Å². The monoisotopic (exact) mass is 254 g/mol. The van der Waals surface area contributed by atoms with Crippen LogP contribution in [0, 0.1) is 0 Å². The van der Waals surface area contributed by atoms with E-state index in [2.05, 4.69) is 20.9 Å². The van der Waals surface area contributed by atoms with Gasteiger partial charge in [-0.1, -0.05) is 0 Å². The zero-order chi connectivity index (χ0) is 10.1. The molecule has 0 saturated carbocycles. The molecule has 2 rings (SSSR count). The number of hydrogen-bond acceptors (Lipinski definition) is 3. The molecule has 0 aliphatic heterocycles. The molecule has 0 N–H and O–H groups in total. The summed E-state index contributed by atoms with van der Waals surface area (Å²) in [7, 11) is 1.57. The average Bonchev–Trinajstić information content (AvgIpc) is 2.59. The lowest BCUT2D eigenvalue weighted by molar-refractivity contribution is 0.111. The largest absolute Gasteiger partial charge is 0.493 e. The maximum Gasteiger partial charge on any atom is 0.180 e. The summed E-state index contributed by atoms with van der Waals surface area (Å²) in [4.78, 5) is 14.8. The van der Waals surface area contributed by atoms with Crippen LogP contribution in [0.1, 0.15) is 10.5 Å². The smallest absolute Gasteiger partial charge is 0.180 e. The van der Waals surface area contributed by atoms with Crippen molar-refractivity contribution in [2.75, 3.05) is 7.11 Å². The summed E-state index contributed by atoms with van der Waals surface area (Å²) in [5.41, 5.74) is 1.14. The van der Waals surface area contributed by atoms with E-state index in [1.807, 2.05) is 0 Å². The molecule has 0 saturated heterocycles. The predicted octanol–water partition coefficient (Wildman–Crippen LogP) is 1.92. The number of carbonyl (C=O) groups is 1. The summed E-state index contributed by atoms with van der Waals surface area (Å²) in [5.74, 6) is 0.632. The van der Waals surface area contributed by atoms with Crippen molar-refractivity contribution in [2.24, 2.45) is 0 Å². The van der Waals surface area contributed by atoms with Crippen LogP contribution >= 0.6 is 15.9 Å². The van der Waals surface area contributed by atoms with Gasteiger partial charge in [-0.25, -0.2) is 4.98 Å². The quantitative estimate of drug-likeness (QED) is 0.770. The number of aromatic nitrogens is 2. The van der Waals surface area contributed by atoms with E-state index in [0.717, 1.165) is 10.8 Å². The molecular weight excluding hydrogens is 248 g/mol. The second kappa shape index (κ2) is 3.42. The van der Waals surface area contributed by atoms with Gasteiger partial charge in [0.05, 0.1) is 13.3 Å². The van der Waals surface area contributed by atoms with Gasteiger partial charge >= 0.3 is 0 Å². The van der Waals surface area contributed by atoms with Crippen LogP contribution in [0.5, 0.6) is 5.75 Å². The first kappa shape index (κ1) is 9.21. The summed E-state index contributed by atoms with van der Waals surface area (Å²) < 4.78 is 7.65. The SMILES string of the molecule is COc1cc(Br)cn2c(C=O)cnc12. The summed E-state index contributed by atoms with van der Waals surface area (Å²) in [6.07, 6.45) is 4.04. The third-order valence-corrected chi connectivity index (χ3v) is 2.34. The van der Waals surface area contributed by atoms with E-state index >= 15 is 0 Å². The number of methoxy groups -OCH3 is 1. The number of rotatable bonds is 2. The summed E-state index contributed by atoms with van der Waals surface area (Å²) >= 11 is 3.33. The molecular formula is C9H7BrN2O2. The standard InChI is InChI=1S/C9H7BrN2O2/c1-14-8-2-6(10)4-12-7(5-13)3-11-9(8)12/h2-5H,1H3. The second-order valence-electron chi connectivity index (χ2n) is 2.72. The normalized spacial score (nSPS) is 10.4. The molecule has 0 aromatic carbocycles. The Morgan fingerprint density at radius 2 is 2.43 bits per heavy atom. The molecule has 0 amide bonds. The van der Waals surface area contributed by atoms with Crippen LogP contribution in [0.4, 0.5) is 0 Å². The van der Waals surface area contributed by atoms with Crippen molar-refractivity contribution in [1.29, 1.82) is 0 Å². The lowest BCUT2D eigenvalue weighted by Gasteiger charge is -2.03. The number of pyridine rings is 1. The van der Waals surface area contributed by atoms with Gasteiger partial charge < -0.3 is 4.74 Å². The van der Waals surface area contributed by atoms with Crippen LogP contribution in [0.25, 0.3) is 5.65 Å². The number of imidazole rings is 1.